The molecule has 144 valence electrons. The van der Waals surface area contributed by atoms with Crippen molar-refractivity contribution in [2.75, 3.05) is 26.2 Å². The minimum Gasteiger partial charge on any atom is -0.339 e. The first-order valence-electron chi connectivity index (χ1n) is 8.24. The molecule has 1 aromatic carbocycles. The van der Waals surface area contributed by atoms with Crippen LogP contribution in [0.4, 0.5) is 0 Å². The lowest BCUT2D eigenvalue weighted by Gasteiger charge is -2.40. The molecule has 1 aromatic rings. The van der Waals surface area contributed by atoms with Gasteiger partial charge in [0.15, 0.2) is 0 Å². The van der Waals surface area contributed by atoms with Crippen LogP contribution in [0.3, 0.4) is 0 Å². The average molecular weight is 411 g/mol. The first kappa shape index (κ1) is 24.5. The highest BCUT2D eigenvalue weighted by Crippen LogP contribution is 2.24. The number of carbonyl (C=O) groups is 1. The van der Waals surface area contributed by atoms with E-state index in [-0.39, 0.29) is 36.1 Å². The molecule has 1 fully saturated rings. The number of halogens is 3. The van der Waals surface area contributed by atoms with Crippen LogP contribution in [-0.2, 0) is 4.79 Å². The Labute approximate surface area is 168 Å². The predicted octanol–water partition coefficient (Wildman–Crippen LogP) is 3.76. The highest BCUT2D eigenvalue weighted by Gasteiger charge is 2.33. The van der Waals surface area contributed by atoms with Gasteiger partial charge in [-0.2, -0.15) is 0 Å². The Morgan fingerprint density at radius 2 is 1.56 bits per heavy atom. The van der Waals surface area contributed by atoms with E-state index in [1.807, 2.05) is 37.8 Å². The van der Waals surface area contributed by atoms with E-state index in [1.54, 1.807) is 0 Å². The number of hydrogen-bond acceptors (Lipinski definition) is 3. The molecule has 0 bridgehead atoms. The highest BCUT2D eigenvalue weighted by atomic mass is 35.5. The molecule has 1 amide bonds. The van der Waals surface area contributed by atoms with Crippen molar-refractivity contribution >= 4 is 42.3 Å². The number of piperazine rings is 1. The summed E-state index contributed by atoms with van der Waals surface area (Å²) in [6, 6.07) is 7.87. The van der Waals surface area contributed by atoms with Crippen molar-refractivity contribution in [3.05, 3.63) is 34.9 Å². The van der Waals surface area contributed by atoms with Gasteiger partial charge in [0, 0.05) is 37.2 Å². The lowest BCUT2D eigenvalue weighted by Crippen LogP contribution is -2.56. The molecule has 1 aliphatic heterocycles. The molecule has 2 atom stereocenters. The summed E-state index contributed by atoms with van der Waals surface area (Å²) in [5, 5.41) is 0.757. The molecule has 1 aliphatic rings. The van der Waals surface area contributed by atoms with Gasteiger partial charge in [-0.05, 0) is 30.0 Å². The summed E-state index contributed by atoms with van der Waals surface area (Å²) >= 11 is 5.95. The van der Waals surface area contributed by atoms with Gasteiger partial charge in [0.25, 0.3) is 0 Å². The molecule has 0 aliphatic carbocycles. The van der Waals surface area contributed by atoms with Crippen LogP contribution < -0.4 is 5.73 Å². The minimum absolute atomic E-state index is 0. The van der Waals surface area contributed by atoms with Crippen LogP contribution in [0.5, 0.6) is 0 Å². The topological polar surface area (TPSA) is 49.6 Å². The van der Waals surface area contributed by atoms with Crippen LogP contribution in [0, 0.1) is 5.41 Å². The maximum absolute atomic E-state index is 12.5. The molecular weight excluding hydrogens is 381 g/mol. The lowest BCUT2D eigenvalue weighted by atomic mass is 9.86. The first-order chi connectivity index (χ1) is 10.7. The maximum atomic E-state index is 12.5. The van der Waals surface area contributed by atoms with Crippen molar-refractivity contribution < 1.29 is 4.79 Å². The van der Waals surface area contributed by atoms with Crippen LogP contribution in [0.15, 0.2) is 24.3 Å². The molecule has 25 heavy (non-hydrogen) atoms. The van der Waals surface area contributed by atoms with Crippen molar-refractivity contribution in [3.63, 3.8) is 0 Å². The fraction of sp³-hybridized carbons (Fsp3) is 0.611. The Morgan fingerprint density at radius 1 is 1.08 bits per heavy atom. The molecule has 2 rings (SSSR count). The van der Waals surface area contributed by atoms with Gasteiger partial charge in [0.2, 0.25) is 5.91 Å². The second kappa shape index (κ2) is 9.98. The van der Waals surface area contributed by atoms with Crippen LogP contribution in [0.1, 0.15) is 39.3 Å². The van der Waals surface area contributed by atoms with E-state index < -0.39 is 6.04 Å². The number of rotatable bonds is 3. The van der Waals surface area contributed by atoms with Gasteiger partial charge in [0.1, 0.15) is 0 Å². The largest absolute Gasteiger partial charge is 0.339 e. The molecule has 2 N–H and O–H groups in total. The summed E-state index contributed by atoms with van der Waals surface area (Å²) in [4.78, 5) is 16.8. The quantitative estimate of drug-likeness (QED) is 0.825. The van der Waals surface area contributed by atoms with Crippen LogP contribution in [-0.4, -0.2) is 47.9 Å². The third-order valence-electron chi connectivity index (χ3n) is 4.73. The van der Waals surface area contributed by atoms with Crippen molar-refractivity contribution in [1.29, 1.82) is 0 Å². The monoisotopic (exact) mass is 409 g/mol. The fourth-order valence-corrected chi connectivity index (χ4v) is 2.97. The number of hydrogen-bond donors (Lipinski definition) is 1. The number of nitrogens with two attached hydrogens (primary N) is 1. The number of carbonyl (C=O) groups excluding carboxylic acids is 1. The van der Waals surface area contributed by atoms with Crippen LogP contribution in [0.25, 0.3) is 0 Å². The van der Waals surface area contributed by atoms with Gasteiger partial charge in [-0.3, -0.25) is 9.69 Å². The molecule has 0 aromatic heterocycles. The standard InChI is InChI=1S/C18H28ClN3O.2ClH/c1-13(14-5-7-15(19)8-6-14)21-9-11-22(12-10-21)17(23)16(20)18(2,3)4;;/h5-8,13,16H,9-12,20H2,1-4H3;2*1H/t13?,16-;;/m1../s1. The van der Waals surface area contributed by atoms with Gasteiger partial charge in [-0.15, -0.1) is 24.8 Å². The predicted molar refractivity (Wildman–Crippen MR) is 110 cm³/mol. The second-order valence-electron chi connectivity index (χ2n) is 7.43. The van der Waals surface area contributed by atoms with E-state index in [0.717, 1.165) is 31.2 Å². The van der Waals surface area contributed by atoms with Crippen molar-refractivity contribution in [1.82, 2.24) is 9.80 Å². The zero-order chi connectivity index (χ0) is 17.2. The van der Waals surface area contributed by atoms with Crippen molar-refractivity contribution in [3.8, 4) is 0 Å². The van der Waals surface area contributed by atoms with Crippen molar-refractivity contribution in [2.45, 2.75) is 39.8 Å². The third kappa shape index (κ3) is 6.30. The van der Waals surface area contributed by atoms with Gasteiger partial charge in [-0.1, -0.05) is 44.5 Å². The normalized spacial score (nSPS) is 17.9. The minimum atomic E-state index is -0.442. The summed E-state index contributed by atoms with van der Waals surface area (Å²) < 4.78 is 0. The van der Waals surface area contributed by atoms with Gasteiger partial charge in [0.05, 0.1) is 6.04 Å². The first-order valence-corrected chi connectivity index (χ1v) is 8.62. The number of nitrogens with zero attached hydrogens (tertiary/aromatic N) is 2. The SMILES string of the molecule is CC(c1ccc(Cl)cc1)N1CCN(C(=O)[C@@H](N)C(C)(C)C)CC1.Cl.Cl. The summed E-state index contributed by atoms with van der Waals surface area (Å²) in [6.45, 7) is 11.4. The maximum Gasteiger partial charge on any atom is 0.240 e. The van der Waals surface area contributed by atoms with E-state index in [0.29, 0.717) is 6.04 Å². The smallest absolute Gasteiger partial charge is 0.240 e. The van der Waals surface area contributed by atoms with E-state index in [1.165, 1.54) is 5.56 Å². The van der Waals surface area contributed by atoms with E-state index in [9.17, 15) is 4.79 Å². The number of benzene rings is 1. The summed E-state index contributed by atoms with van der Waals surface area (Å²) in [5.74, 6) is 0.0660. The molecule has 0 radical (unpaired) electrons. The van der Waals surface area contributed by atoms with Gasteiger partial charge in [-0.25, -0.2) is 0 Å². The lowest BCUT2D eigenvalue weighted by molar-refractivity contribution is -0.137. The van der Waals surface area contributed by atoms with Crippen LogP contribution in [0.2, 0.25) is 5.02 Å². The van der Waals surface area contributed by atoms with Gasteiger partial charge >= 0.3 is 0 Å². The third-order valence-corrected chi connectivity index (χ3v) is 4.98. The zero-order valence-corrected chi connectivity index (χ0v) is 17.8. The second-order valence-corrected chi connectivity index (χ2v) is 7.87. The van der Waals surface area contributed by atoms with Crippen molar-refractivity contribution in [2.24, 2.45) is 11.1 Å². The molecule has 0 spiro atoms. The van der Waals surface area contributed by atoms with E-state index >= 15 is 0 Å². The molecule has 7 heteroatoms. The average Bonchev–Trinajstić information content (AvgIpc) is 2.53. The molecule has 1 heterocycles. The highest BCUT2D eigenvalue weighted by molar-refractivity contribution is 6.30. The van der Waals surface area contributed by atoms with Crippen LogP contribution >= 0.6 is 36.4 Å². The summed E-state index contributed by atoms with van der Waals surface area (Å²) in [6.07, 6.45) is 0. The van der Waals surface area contributed by atoms with E-state index in [2.05, 4.69) is 24.0 Å². The Bertz CT molecular complexity index is 537. The molecule has 0 saturated carbocycles. The summed E-state index contributed by atoms with van der Waals surface area (Å²) in [5.41, 5.74) is 7.15. The molecular formula is C18H30Cl3N3O. The fourth-order valence-electron chi connectivity index (χ4n) is 2.85. The number of amides is 1. The van der Waals surface area contributed by atoms with E-state index in [4.69, 9.17) is 17.3 Å². The zero-order valence-electron chi connectivity index (χ0n) is 15.4. The molecule has 4 nitrogen and oxygen atoms in total. The van der Waals surface area contributed by atoms with Gasteiger partial charge < -0.3 is 10.6 Å². The Morgan fingerprint density at radius 3 is 2.00 bits per heavy atom. The Kier molecular flexibility index (Phi) is 9.77. The summed E-state index contributed by atoms with van der Waals surface area (Å²) in [7, 11) is 0. The Balaban J connectivity index is 0.00000288. The Hall–Kier alpha value is -0.520. The molecule has 1 unspecified atom stereocenters. The molecule has 1 saturated heterocycles.